The van der Waals surface area contributed by atoms with Crippen LogP contribution in [0.4, 0.5) is 5.69 Å². The van der Waals surface area contributed by atoms with E-state index in [1.165, 1.54) is 7.05 Å². The molecule has 98 valence electrons. The van der Waals surface area contributed by atoms with E-state index in [0.717, 1.165) is 9.37 Å². The third-order valence-corrected chi connectivity index (χ3v) is 3.57. The van der Waals surface area contributed by atoms with E-state index in [9.17, 15) is 9.59 Å². The van der Waals surface area contributed by atoms with Gasteiger partial charge in [-0.3, -0.25) is 14.5 Å². The van der Waals surface area contributed by atoms with E-state index in [1.807, 2.05) is 0 Å². The van der Waals surface area contributed by atoms with Crippen LogP contribution in [0.25, 0.3) is 0 Å². The molecule has 1 saturated heterocycles. The maximum absolute atomic E-state index is 12.0. The minimum atomic E-state index is -0.468. The zero-order valence-corrected chi connectivity index (χ0v) is 11.9. The summed E-state index contributed by atoms with van der Waals surface area (Å²) < 4.78 is 0.821. The molecule has 1 unspecified atom stereocenters. The average molecular weight is 322 g/mol. The van der Waals surface area contributed by atoms with E-state index in [-0.39, 0.29) is 11.8 Å². The number of likely N-dealkylation sites (N-methyl/N-ethyl adjacent to an activating group) is 1. The fourth-order valence-corrected chi connectivity index (χ4v) is 2.33. The van der Waals surface area contributed by atoms with Crippen LogP contribution in [0.1, 0.15) is 18.4 Å². The van der Waals surface area contributed by atoms with Crippen LogP contribution in [-0.4, -0.2) is 29.8 Å². The number of hydrogen-bond donors (Lipinski definition) is 1. The number of halogens is 1. The van der Waals surface area contributed by atoms with Gasteiger partial charge in [0.05, 0.1) is 11.3 Å². The van der Waals surface area contributed by atoms with E-state index >= 15 is 0 Å². The van der Waals surface area contributed by atoms with Crippen molar-refractivity contribution in [3.63, 3.8) is 0 Å². The second-order valence-corrected chi connectivity index (χ2v) is 5.24. The zero-order chi connectivity index (χ0) is 14.0. The van der Waals surface area contributed by atoms with Crippen LogP contribution in [0.5, 0.6) is 0 Å². The summed E-state index contributed by atoms with van der Waals surface area (Å²) in [5, 5.41) is 12.1. The van der Waals surface area contributed by atoms with Crippen LogP contribution in [-0.2, 0) is 9.59 Å². The van der Waals surface area contributed by atoms with Gasteiger partial charge in [-0.15, -0.1) is 0 Å². The second kappa shape index (κ2) is 5.41. The van der Waals surface area contributed by atoms with Crippen molar-refractivity contribution < 1.29 is 9.59 Å². The molecule has 0 aliphatic carbocycles. The summed E-state index contributed by atoms with van der Waals surface area (Å²) in [4.78, 5) is 24.5. The Labute approximate surface area is 119 Å². The number of carbonyl (C=O) groups is 2. The second-order valence-electron chi connectivity index (χ2n) is 4.33. The molecule has 0 aromatic heterocycles. The van der Waals surface area contributed by atoms with Crippen molar-refractivity contribution in [2.75, 3.05) is 12.4 Å². The van der Waals surface area contributed by atoms with Crippen molar-refractivity contribution >= 4 is 33.4 Å². The van der Waals surface area contributed by atoms with Crippen LogP contribution < -0.4 is 5.32 Å². The molecule has 0 saturated carbocycles. The topological polar surface area (TPSA) is 73.2 Å². The van der Waals surface area contributed by atoms with E-state index in [1.54, 1.807) is 18.2 Å². The molecule has 0 radical (unpaired) electrons. The predicted molar refractivity (Wildman–Crippen MR) is 73.3 cm³/mol. The predicted octanol–water partition coefficient (Wildman–Crippen LogP) is 1.88. The van der Waals surface area contributed by atoms with Crippen molar-refractivity contribution in [2.45, 2.75) is 18.9 Å². The molecule has 1 N–H and O–H groups in total. The third kappa shape index (κ3) is 2.76. The molecule has 1 aromatic rings. The number of anilines is 1. The summed E-state index contributed by atoms with van der Waals surface area (Å²) in [6.07, 6.45) is 0.773. The molecule has 2 amide bonds. The lowest BCUT2D eigenvalue weighted by Crippen LogP contribution is -2.48. The number of nitriles is 1. The van der Waals surface area contributed by atoms with Gasteiger partial charge >= 0.3 is 0 Å². The number of benzene rings is 1. The number of piperidine rings is 1. The van der Waals surface area contributed by atoms with Gasteiger partial charge in [0.1, 0.15) is 12.1 Å². The van der Waals surface area contributed by atoms with E-state index in [4.69, 9.17) is 5.26 Å². The largest absolute Gasteiger partial charge is 0.373 e. The molecule has 6 heteroatoms. The van der Waals surface area contributed by atoms with Crippen LogP contribution in [0.2, 0.25) is 0 Å². The smallest absolute Gasteiger partial charge is 0.251 e. The van der Waals surface area contributed by atoms with Crippen molar-refractivity contribution in [3.05, 3.63) is 28.2 Å². The quantitative estimate of drug-likeness (QED) is 0.844. The Bertz CT molecular complexity index is 580. The van der Waals surface area contributed by atoms with Gasteiger partial charge in [-0.1, -0.05) is 15.9 Å². The Morgan fingerprint density at radius 1 is 1.47 bits per heavy atom. The molecule has 19 heavy (non-hydrogen) atoms. The molecule has 0 bridgehead atoms. The Balaban J connectivity index is 2.22. The van der Waals surface area contributed by atoms with Crippen LogP contribution in [0.3, 0.4) is 0 Å². The van der Waals surface area contributed by atoms with Gasteiger partial charge in [-0.2, -0.15) is 5.26 Å². The van der Waals surface area contributed by atoms with Gasteiger partial charge in [-0.25, -0.2) is 0 Å². The molecule has 1 atom stereocenters. The third-order valence-electron chi connectivity index (χ3n) is 3.08. The first-order chi connectivity index (χ1) is 9.02. The fraction of sp³-hybridized carbons (Fsp3) is 0.308. The highest BCUT2D eigenvalue weighted by Gasteiger charge is 2.31. The maximum atomic E-state index is 12.0. The number of rotatable bonds is 2. The summed E-state index contributed by atoms with van der Waals surface area (Å²) in [5.41, 5.74) is 1.06. The first kappa shape index (κ1) is 13.6. The molecule has 1 aliphatic heterocycles. The van der Waals surface area contributed by atoms with Crippen LogP contribution in [0.15, 0.2) is 22.7 Å². The van der Waals surface area contributed by atoms with Crippen molar-refractivity contribution in [1.29, 1.82) is 5.26 Å². The lowest BCUT2D eigenvalue weighted by atomic mass is 10.0. The van der Waals surface area contributed by atoms with Gasteiger partial charge in [-0.05, 0) is 24.6 Å². The summed E-state index contributed by atoms with van der Waals surface area (Å²) in [6.45, 7) is 0. The highest BCUT2D eigenvalue weighted by atomic mass is 79.9. The number of nitrogens with one attached hydrogen (secondary N) is 1. The van der Waals surface area contributed by atoms with Gasteiger partial charge in [0.15, 0.2) is 0 Å². The van der Waals surface area contributed by atoms with E-state index < -0.39 is 6.04 Å². The molecular weight excluding hydrogens is 310 g/mol. The number of likely N-dealkylation sites (tertiary alicyclic amines) is 1. The molecule has 5 nitrogen and oxygen atoms in total. The highest BCUT2D eigenvalue weighted by molar-refractivity contribution is 9.10. The standard InChI is InChI=1S/C13H12BrN3O2/c1-17-12(18)5-4-10(13(17)19)16-11-6-9(14)3-2-8(11)7-15/h2-3,6,10,16H,4-5H2,1H3. The summed E-state index contributed by atoms with van der Waals surface area (Å²) >= 11 is 3.33. The Hall–Kier alpha value is -1.87. The monoisotopic (exact) mass is 321 g/mol. The molecule has 1 heterocycles. The lowest BCUT2D eigenvalue weighted by molar-refractivity contribution is -0.146. The van der Waals surface area contributed by atoms with Gasteiger partial charge in [0.25, 0.3) is 5.91 Å². The molecule has 2 rings (SSSR count). The zero-order valence-electron chi connectivity index (χ0n) is 10.3. The minimum Gasteiger partial charge on any atom is -0.373 e. The molecule has 0 spiro atoms. The highest BCUT2D eigenvalue weighted by Crippen LogP contribution is 2.24. The van der Waals surface area contributed by atoms with E-state index in [2.05, 4.69) is 27.3 Å². The van der Waals surface area contributed by atoms with Gasteiger partial charge in [0, 0.05) is 17.9 Å². The normalized spacial score (nSPS) is 19.2. The van der Waals surface area contributed by atoms with Crippen LogP contribution in [0, 0.1) is 11.3 Å². The maximum Gasteiger partial charge on any atom is 0.251 e. The summed E-state index contributed by atoms with van der Waals surface area (Å²) in [5.74, 6) is -0.432. The number of nitrogens with zero attached hydrogens (tertiary/aromatic N) is 2. The van der Waals surface area contributed by atoms with E-state index in [0.29, 0.717) is 24.1 Å². The summed E-state index contributed by atoms with van der Waals surface area (Å²) in [7, 11) is 1.48. The van der Waals surface area contributed by atoms with Gasteiger partial charge < -0.3 is 5.32 Å². The summed E-state index contributed by atoms with van der Waals surface area (Å²) in [6, 6.07) is 6.80. The van der Waals surface area contributed by atoms with Gasteiger partial charge in [0.2, 0.25) is 5.91 Å². The van der Waals surface area contributed by atoms with Crippen LogP contribution >= 0.6 is 15.9 Å². The lowest BCUT2D eigenvalue weighted by Gasteiger charge is -2.29. The minimum absolute atomic E-state index is 0.169. The Morgan fingerprint density at radius 3 is 2.89 bits per heavy atom. The molecular formula is C13H12BrN3O2. The first-order valence-electron chi connectivity index (χ1n) is 5.79. The van der Waals surface area contributed by atoms with Crippen molar-refractivity contribution in [3.8, 4) is 6.07 Å². The number of amides is 2. The number of imide groups is 1. The number of hydrogen-bond acceptors (Lipinski definition) is 4. The molecule has 1 fully saturated rings. The fourth-order valence-electron chi connectivity index (χ4n) is 1.97. The van der Waals surface area contributed by atoms with Crippen molar-refractivity contribution in [1.82, 2.24) is 4.90 Å². The molecule has 1 aromatic carbocycles. The Morgan fingerprint density at radius 2 is 2.21 bits per heavy atom. The molecule has 1 aliphatic rings. The average Bonchev–Trinajstić information content (AvgIpc) is 2.40. The Kier molecular flexibility index (Phi) is 3.86. The first-order valence-corrected chi connectivity index (χ1v) is 6.59. The van der Waals surface area contributed by atoms with Crippen molar-refractivity contribution in [2.24, 2.45) is 0 Å². The SMILES string of the molecule is CN1C(=O)CCC(Nc2cc(Br)ccc2C#N)C1=O. The number of carbonyl (C=O) groups excluding carboxylic acids is 2.